The Morgan fingerprint density at radius 2 is 1.76 bits per heavy atom. The number of hydrogen-bond acceptors (Lipinski definition) is 6. The van der Waals surface area contributed by atoms with Crippen LogP contribution in [0.4, 0.5) is 13.2 Å². The SMILES string of the molecule is N#Cc1ccccc1OCC(O)Cn1nc2ccc(-c3ccc(OC(F)(F)F)cc3)cn2c1=O. The van der Waals surface area contributed by atoms with Crippen molar-refractivity contribution >= 4 is 5.65 Å². The maximum absolute atomic E-state index is 12.8. The van der Waals surface area contributed by atoms with E-state index in [0.717, 1.165) is 4.68 Å². The van der Waals surface area contributed by atoms with Crippen LogP contribution in [0.1, 0.15) is 5.56 Å². The molecule has 0 aliphatic carbocycles. The zero-order valence-corrected chi connectivity index (χ0v) is 17.4. The predicted octanol–water partition coefficient (Wildman–Crippen LogP) is 3.37. The quantitative estimate of drug-likeness (QED) is 0.445. The summed E-state index contributed by atoms with van der Waals surface area (Å²) in [6.07, 6.45) is -4.35. The molecular formula is C23H17F3N4O4. The Hall–Kier alpha value is -4.30. The Balaban J connectivity index is 1.49. The highest BCUT2D eigenvalue weighted by Crippen LogP contribution is 2.26. The number of rotatable bonds is 7. The summed E-state index contributed by atoms with van der Waals surface area (Å²) in [5.74, 6) is -0.0291. The van der Waals surface area contributed by atoms with Crippen molar-refractivity contribution in [2.45, 2.75) is 19.0 Å². The summed E-state index contributed by atoms with van der Waals surface area (Å²) in [5, 5.41) is 23.6. The van der Waals surface area contributed by atoms with E-state index in [1.807, 2.05) is 6.07 Å². The molecule has 0 aliphatic rings. The van der Waals surface area contributed by atoms with Crippen molar-refractivity contribution < 1.29 is 27.8 Å². The molecule has 0 saturated heterocycles. The number of alkyl halides is 3. The van der Waals surface area contributed by atoms with Gasteiger partial charge in [-0.25, -0.2) is 13.9 Å². The summed E-state index contributed by atoms with van der Waals surface area (Å²) in [5.41, 5.74) is 1.29. The number of nitriles is 1. The number of aliphatic hydroxyl groups excluding tert-OH is 1. The minimum absolute atomic E-state index is 0.145. The number of benzene rings is 2. The highest BCUT2D eigenvalue weighted by molar-refractivity contribution is 5.65. The molecule has 2 aromatic heterocycles. The van der Waals surface area contributed by atoms with Crippen LogP contribution in [0.3, 0.4) is 0 Å². The first-order valence-electron chi connectivity index (χ1n) is 9.99. The fraction of sp³-hybridized carbons (Fsp3) is 0.174. The first-order valence-corrected chi connectivity index (χ1v) is 9.99. The summed E-state index contributed by atoms with van der Waals surface area (Å²) >= 11 is 0. The van der Waals surface area contributed by atoms with Gasteiger partial charge in [-0.2, -0.15) is 5.26 Å². The summed E-state index contributed by atoms with van der Waals surface area (Å²) in [7, 11) is 0. The van der Waals surface area contributed by atoms with Crippen LogP contribution < -0.4 is 15.2 Å². The maximum atomic E-state index is 12.8. The Morgan fingerprint density at radius 3 is 2.47 bits per heavy atom. The topological polar surface area (TPSA) is 102 Å². The van der Waals surface area contributed by atoms with E-state index in [1.54, 1.807) is 36.4 Å². The van der Waals surface area contributed by atoms with Gasteiger partial charge in [-0.15, -0.1) is 18.3 Å². The van der Waals surface area contributed by atoms with Gasteiger partial charge in [0.1, 0.15) is 30.3 Å². The van der Waals surface area contributed by atoms with Crippen molar-refractivity contribution in [2.75, 3.05) is 6.61 Å². The van der Waals surface area contributed by atoms with E-state index in [0.29, 0.717) is 28.1 Å². The third-order valence-corrected chi connectivity index (χ3v) is 4.82. The van der Waals surface area contributed by atoms with Crippen LogP contribution in [0.25, 0.3) is 16.8 Å². The average Bonchev–Trinajstić information content (AvgIpc) is 3.12. The fourth-order valence-corrected chi connectivity index (χ4v) is 3.28. The number of aromatic nitrogens is 3. The molecule has 0 spiro atoms. The molecule has 174 valence electrons. The van der Waals surface area contributed by atoms with E-state index in [9.17, 15) is 23.1 Å². The molecule has 2 heterocycles. The smallest absolute Gasteiger partial charge is 0.489 e. The number of para-hydroxylation sites is 1. The van der Waals surface area contributed by atoms with Crippen LogP contribution >= 0.6 is 0 Å². The molecule has 0 fully saturated rings. The summed E-state index contributed by atoms with van der Waals surface area (Å²) in [4.78, 5) is 12.8. The molecular weight excluding hydrogens is 453 g/mol. The first-order chi connectivity index (χ1) is 16.2. The lowest BCUT2D eigenvalue weighted by atomic mass is 10.1. The van der Waals surface area contributed by atoms with Gasteiger partial charge >= 0.3 is 12.1 Å². The molecule has 8 nitrogen and oxygen atoms in total. The van der Waals surface area contributed by atoms with E-state index in [1.165, 1.54) is 34.9 Å². The van der Waals surface area contributed by atoms with Gasteiger partial charge in [0, 0.05) is 6.20 Å². The number of ether oxygens (including phenoxy) is 2. The van der Waals surface area contributed by atoms with Crippen molar-refractivity contribution in [1.82, 2.24) is 14.2 Å². The molecule has 2 aromatic carbocycles. The van der Waals surface area contributed by atoms with E-state index >= 15 is 0 Å². The maximum Gasteiger partial charge on any atom is 0.573 e. The van der Waals surface area contributed by atoms with Crippen molar-refractivity contribution in [2.24, 2.45) is 0 Å². The van der Waals surface area contributed by atoms with Crippen LogP contribution in [-0.2, 0) is 6.54 Å². The molecule has 34 heavy (non-hydrogen) atoms. The minimum Gasteiger partial charge on any atom is -0.489 e. The van der Waals surface area contributed by atoms with Crippen LogP contribution in [0, 0.1) is 11.3 Å². The van der Waals surface area contributed by atoms with Crippen molar-refractivity contribution in [1.29, 1.82) is 5.26 Å². The van der Waals surface area contributed by atoms with Gasteiger partial charge in [-0.1, -0.05) is 24.3 Å². The first kappa shape index (κ1) is 22.9. The predicted molar refractivity (Wildman–Crippen MR) is 114 cm³/mol. The van der Waals surface area contributed by atoms with Crippen LogP contribution in [0.15, 0.2) is 71.7 Å². The van der Waals surface area contributed by atoms with Gasteiger partial charge in [0.05, 0.1) is 12.1 Å². The standard InChI is InChI=1S/C23H17F3N4O4/c24-23(25,26)34-19-8-5-15(6-9-19)17-7-10-21-28-30(22(32)29(21)12-17)13-18(31)14-33-20-4-2-1-3-16(20)11-27/h1-10,12,18,31H,13-14H2. The second-order valence-electron chi connectivity index (χ2n) is 7.26. The molecule has 11 heteroatoms. The number of pyridine rings is 1. The Labute approximate surface area is 190 Å². The normalized spacial score (nSPS) is 12.3. The zero-order chi connectivity index (χ0) is 24.3. The molecule has 0 radical (unpaired) electrons. The Kier molecular flexibility index (Phi) is 6.25. The van der Waals surface area contributed by atoms with Gasteiger partial charge in [-0.05, 0) is 47.5 Å². The summed E-state index contributed by atoms with van der Waals surface area (Å²) < 4.78 is 48.7. The molecule has 1 N–H and O–H groups in total. The Bertz CT molecular complexity index is 1400. The fourth-order valence-electron chi connectivity index (χ4n) is 3.28. The molecule has 0 saturated carbocycles. The number of hydrogen-bond donors (Lipinski definition) is 1. The largest absolute Gasteiger partial charge is 0.573 e. The van der Waals surface area contributed by atoms with E-state index in [4.69, 9.17) is 10.00 Å². The second-order valence-corrected chi connectivity index (χ2v) is 7.26. The van der Waals surface area contributed by atoms with Gasteiger partial charge in [-0.3, -0.25) is 0 Å². The lowest BCUT2D eigenvalue weighted by Crippen LogP contribution is -2.30. The third-order valence-electron chi connectivity index (χ3n) is 4.82. The number of aliphatic hydroxyl groups is 1. The van der Waals surface area contributed by atoms with Gasteiger partial charge in [0.25, 0.3) is 0 Å². The molecule has 1 atom stereocenters. The minimum atomic E-state index is -4.78. The van der Waals surface area contributed by atoms with Crippen molar-refractivity contribution in [3.63, 3.8) is 0 Å². The molecule has 4 aromatic rings. The molecule has 0 aliphatic heterocycles. The van der Waals surface area contributed by atoms with Crippen LogP contribution in [-0.4, -0.2) is 38.4 Å². The van der Waals surface area contributed by atoms with Crippen molar-refractivity contribution in [3.8, 4) is 28.7 Å². The van der Waals surface area contributed by atoms with E-state index in [2.05, 4.69) is 9.84 Å². The molecule has 0 bridgehead atoms. The number of fused-ring (bicyclic) bond motifs is 1. The second kappa shape index (κ2) is 9.29. The highest BCUT2D eigenvalue weighted by Gasteiger charge is 2.31. The summed E-state index contributed by atoms with van der Waals surface area (Å²) in [6.45, 7) is -0.301. The number of nitrogens with zero attached hydrogens (tertiary/aromatic N) is 4. The van der Waals surface area contributed by atoms with Crippen LogP contribution in [0.5, 0.6) is 11.5 Å². The molecule has 4 rings (SSSR count). The van der Waals surface area contributed by atoms with Gasteiger partial charge in [0.15, 0.2) is 5.65 Å². The van der Waals surface area contributed by atoms with Crippen LogP contribution in [0.2, 0.25) is 0 Å². The lowest BCUT2D eigenvalue weighted by Gasteiger charge is -2.12. The summed E-state index contributed by atoms with van der Waals surface area (Å²) in [6, 6.07) is 17.1. The Morgan fingerprint density at radius 1 is 1.06 bits per heavy atom. The molecule has 0 amide bonds. The average molecular weight is 470 g/mol. The van der Waals surface area contributed by atoms with Crippen molar-refractivity contribution in [3.05, 3.63) is 82.9 Å². The van der Waals surface area contributed by atoms with E-state index in [-0.39, 0.29) is 18.9 Å². The number of halogens is 3. The zero-order valence-electron chi connectivity index (χ0n) is 17.4. The van der Waals surface area contributed by atoms with Gasteiger partial charge in [0.2, 0.25) is 0 Å². The lowest BCUT2D eigenvalue weighted by molar-refractivity contribution is -0.274. The van der Waals surface area contributed by atoms with E-state index < -0.39 is 18.2 Å². The monoisotopic (exact) mass is 470 g/mol. The highest BCUT2D eigenvalue weighted by atomic mass is 19.4. The third kappa shape index (κ3) is 5.19. The molecule has 1 unspecified atom stereocenters. The van der Waals surface area contributed by atoms with Gasteiger partial charge < -0.3 is 14.6 Å².